The first-order chi connectivity index (χ1) is 12.9. The highest BCUT2D eigenvalue weighted by molar-refractivity contribution is 5.35. The molecular formula is C24H45N3O. The molecule has 0 unspecified atom stereocenters. The topological polar surface area (TPSA) is 46.2 Å². The summed E-state index contributed by atoms with van der Waals surface area (Å²) in [4.78, 5) is 4.39. The van der Waals surface area contributed by atoms with Crippen LogP contribution in [0.4, 0.5) is 0 Å². The zero-order chi connectivity index (χ0) is 21.4. The Hall–Kier alpha value is -1.13. The van der Waals surface area contributed by atoms with Crippen molar-refractivity contribution in [3.05, 3.63) is 22.9 Å². The third kappa shape index (κ3) is 10.4. The minimum atomic E-state index is 0.0995. The average molecular weight is 392 g/mol. The normalized spacial score (nSPS) is 16.2. The second-order valence-electron chi connectivity index (χ2n) is 10.3. The van der Waals surface area contributed by atoms with Crippen LogP contribution in [0.2, 0.25) is 0 Å². The molecule has 1 aliphatic carbocycles. The summed E-state index contributed by atoms with van der Waals surface area (Å²) in [5.74, 6) is 0.731. The van der Waals surface area contributed by atoms with Gasteiger partial charge in [0.25, 0.3) is 0 Å². The fourth-order valence-corrected chi connectivity index (χ4v) is 3.60. The van der Waals surface area contributed by atoms with Crippen molar-refractivity contribution in [1.29, 1.82) is 0 Å². The SMILES string of the molecule is CC(C)(C)NC1CCCCCC1.COc1nc(C)cc(C)c1CNC(C)(C)C. The van der Waals surface area contributed by atoms with Gasteiger partial charge in [-0.15, -0.1) is 0 Å². The lowest BCUT2D eigenvalue weighted by Gasteiger charge is -2.27. The molecule has 2 N–H and O–H groups in total. The third-order valence-electron chi connectivity index (χ3n) is 4.92. The number of ether oxygens (including phenoxy) is 1. The fraction of sp³-hybridized carbons (Fsp3) is 0.792. The summed E-state index contributed by atoms with van der Waals surface area (Å²) < 4.78 is 5.32. The molecule has 162 valence electrons. The van der Waals surface area contributed by atoms with Crippen LogP contribution >= 0.6 is 0 Å². The Labute approximate surface area is 174 Å². The molecule has 4 nitrogen and oxygen atoms in total. The predicted octanol–water partition coefficient (Wildman–Crippen LogP) is 5.69. The van der Waals surface area contributed by atoms with Crippen molar-refractivity contribution in [2.45, 2.75) is 118 Å². The molecule has 4 heteroatoms. The van der Waals surface area contributed by atoms with Crippen molar-refractivity contribution in [3.63, 3.8) is 0 Å². The number of nitrogens with zero attached hydrogens (tertiary/aromatic N) is 1. The van der Waals surface area contributed by atoms with Crippen LogP contribution in [0.1, 0.15) is 96.9 Å². The van der Waals surface area contributed by atoms with Crippen LogP contribution in [0.25, 0.3) is 0 Å². The van der Waals surface area contributed by atoms with E-state index in [0.29, 0.717) is 5.54 Å². The van der Waals surface area contributed by atoms with E-state index in [1.54, 1.807) is 7.11 Å². The zero-order valence-electron chi connectivity index (χ0n) is 20.0. The van der Waals surface area contributed by atoms with Gasteiger partial charge in [-0.1, -0.05) is 25.7 Å². The molecule has 0 atom stereocenters. The Bertz CT molecular complexity index is 577. The lowest BCUT2D eigenvalue weighted by Crippen LogP contribution is -2.43. The molecule has 0 radical (unpaired) electrons. The average Bonchev–Trinajstić information content (AvgIpc) is 2.80. The Balaban J connectivity index is 0.000000292. The van der Waals surface area contributed by atoms with Crippen molar-refractivity contribution in [2.24, 2.45) is 0 Å². The summed E-state index contributed by atoms with van der Waals surface area (Å²) in [5, 5.41) is 7.15. The lowest BCUT2D eigenvalue weighted by atomic mass is 10.0. The summed E-state index contributed by atoms with van der Waals surface area (Å²) in [6.45, 7) is 18.1. The fourth-order valence-electron chi connectivity index (χ4n) is 3.60. The van der Waals surface area contributed by atoms with E-state index in [-0.39, 0.29) is 5.54 Å². The van der Waals surface area contributed by atoms with Gasteiger partial charge in [-0.2, -0.15) is 0 Å². The van der Waals surface area contributed by atoms with Gasteiger partial charge in [0, 0.05) is 34.9 Å². The molecule has 0 aliphatic heterocycles. The summed E-state index contributed by atoms with van der Waals surface area (Å²) in [6.07, 6.45) is 8.51. The highest BCUT2D eigenvalue weighted by atomic mass is 16.5. The minimum absolute atomic E-state index is 0.0995. The van der Waals surface area contributed by atoms with E-state index in [2.05, 4.69) is 70.2 Å². The van der Waals surface area contributed by atoms with Crippen LogP contribution in [0, 0.1) is 13.8 Å². The van der Waals surface area contributed by atoms with Crippen LogP contribution < -0.4 is 15.4 Å². The molecule has 1 aromatic rings. The molecule has 2 rings (SSSR count). The van der Waals surface area contributed by atoms with Crippen molar-refractivity contribution in [3.8, 4) is 5.88 Å². The summed E-state index contributed by atoms with van der Waals surface area (Å²) in [7, 11) is 1.67. The number of nitrogens with one attached hydrogen (secondary N) is 2. The van der Waals surface area contributed by atoms with Crippen molar-refractivity contribution < 1.29 is 4.74 Å². The van der Waals surface area contributed by atoms with Crippen LogP contribution in [0.15, 0.2) is 6.07 Å². The molecule has 1 aliphatic rings. The maximum atomic E-state index is 5.32. The van der Waals surface area contributed by atoms with Gasteiger partial charge in [-0.05, 0) is 79.9 Å². The van der Waals surface area contributed by atoms with E-state index >= 15 is 0 Å². The van der Waals surface area contributed by atoms with E-state index in [1.165, 1.54) is 44.1 Å². The van der Waals surface area contributed by atoms with Crippen LogP contribution in [-0.4, -0.2) is 29.2 Å². The molecular weight excluding hydrogens is 346 g/mol. The Morgan fingerprint density at radius 1 is 0.964 bits per heavy atom. The quantitative estimate of drug-likeness (QED) is 0.647. The Kier molecular flexibility index (Phi) is 9.92. The zero-order valence-corrected chi connectivity index (χ0v) is 20.0. The van der Waals surface area contributed by atoms with Crippen LogP contribution in [0.5, 0.6) is 5.88 Å². The lowest BCUT2D eigenvalue weighted by molar-refractivity contribution is 0.335. The molecule has 0 aromatic carbocycles. The highest BCUT2D eigenvalue weighted by Gasteiger charge is 2.18. The molecule has 0 amide bonds. The van der Waals surface area contributed by atoms with Crippen molar-refractivity contribution in [2.75, 3.05) is 7.11 Å². The van der Waals surface area contributed by atoms with Gasteiger partial charge in [-0.25, -0.2) is 4.98 Å². The van der Waals surface area contributed by atoms with Crippen LogP contribution in [0.3, 0.4) is 0 Å². The second-order valence-corrected chi connectivity index (χ2v) is 10.3. The van der Waals surface area contributed by atoms with E-state index in [9.17, 15) is 0 Å². The van der Waals surface area contributed by atoms with Gasteiger partial charge in [-0.3, -0.25) is 0 Å². The van der Waals surface area contributed by atoms with Crippen molar-refractivity contribution in [1.82, 2.24) is 15.6 Å². The van der Waals surface area contributed by atoms with E-state index in [4.69, 9.17) is 4.74 Å². The van der Waals surface area contributed by atoms with Gasteiger partial charge in [0.15, 0.2) is 0 Å². The molecule has 1 aromatic heterocycles. The van der Waals surface area contributed by atoms with Gasteiger partial charge in [0.05, 0.1) is 7.11 Å². The van der Waals surface area contributed by atoms with Gasteiger partial charge >= 0.3 is 0 Å². The first-order valence-electron chi connectivity index (χ1n) is 10.9. The van der Waals surface area contributed by atoms with E-state index < -0.39 is 0 Å². The summed E-state index contributed by atoms with van der Waals surface area (Å²) in [6, 6.07) is 2.87. The number of methoxy groups -OCH3 is 1. The Morgan fingerprint density at radius 2 is 1.54 bits per heavy atom. The van der Waals surface area contributed by atoms with Crippen LogP contribution in [-0.2, 0) is 6.54 Å². The summed E-state index contributed by atoms with van der Waals surface area (Å²) in [5.41, 5.74) is 3.76. The minimum Gasteiger partial charge on any atom is -0.481 e. The number of aryl methyl sites for hydroxylation is 2. The molecule has 1 heterocycles. The molecule has 28 heavy (non-hydrogen) atoms. The first kappa shape index (κ1) is 24.9. The van der Waals surface area contributed by atoms with Gasteiger partial charge in [0.2, 0.25) is 5.88 Å². The largest absolute Gasteiger partial charge is 0.481 e. The van der Waals surface area contributed by atoms with E-state index in [0.717, 1.165) is 29.7 Å². The van der Waals surface area contributed by atoms with Crippen molar-refractivity contribution >= 4 is 0 Å². The molecule has 1 fully saturated rings. The van der Waals surface area contributed by atoms with Gasteiger partial charge < -0.3 is 15.4 Å². The molecule has 0 bridgehead atoms. The molecule has 1 saturated carbocycles. The number of aromatic nitrogens is 1. The summed E-state index contributed by atoms with van der Waals surface area (Å²) >= 11 is 0. The number of rotatable bonds is 4. The standard InChI is InChI=1S/C13H22N2O.C11H23N/c1-9-7-10(2)15-12(16-6)11(9)8-14-13(3,4)5;1-11(2,3)12-10-8-6-4-5-7-9-10/h7,14H,8H2,1-6H3;10,12H,4-9H2,1-3H3. The first-order valence-corrected chi connectivity index (χ1v) is 10.9. The van der Waals surface area contributed by atoms with E-state index in [1.807, 2.05) is 6.92 Å². The second kappa shape index (κ2) is 11.2. The monoisotopic (exact) mass is 391 g/mol. The Morgan fingerprint density at radius 3 is 2.00 bits per heavy atom. The number of hydrogen-bond acceptors (Lipinski definition) is 4. The molecule has 0 spiro atoms. The predicted molar refractivity (Wildman–Crippen MR) is 121 cm³/mol. The maximum absolute atomic E-state index is 5.32. The van der Waals surface area contributed by atoms with Gasteiger partial charge in [0.1, 0.15) is 0 Å². The molecule has 0 saturated heterocycles. The maximum Gasteiger partial charge on any atom is 0.218 e. The number of pyridine rings is 1. The smallest absolute Gasteiger partial charge is 0.218 e. The third-order valence-corrected chi connectivity index (χ3v) is 4.92. The highest BCUT2D eigenvalue weighted by Crippen LogP contribution is 2.21. The number of hydrogen-bond donors (Lipinski definition) is 2.